The highest BCUT2D eigenvalue weighted by Crippen LogP contribution is 2.32. The van der Waals surface area contributed by atoms with E-state index in [1.54, 1.807) is 24.3 Å². The van der Waals surface area contributed by atoms with Gasteiger partial charge >= 0.3 is 5.97 Å². The number of carboxylic acids is 1. The number of sulfone groups is 1. The van der Waals surface area contributed by atoms with Gasteiger partial charge in [-0.15, -0.1) is 0 Å². The molecule has 2 unspecified atom stereocenters. The molecule has 0 saturated carbocycles. The van der Waals surface area contributed by atoms with E-state index in [1.165, 1.54) is 0 Å². The summed E-state index contributed by atoms with van der Waals surface area (Å²) in [6.45, 7) is 2.00. The lowest BCUT2D eigenvalue weighted by Crippen LogP contribution is -2.12. The zero-order valence-corrected chi connectivity index (χ0v) is 11.0. The van der Waals surface area contributed by atoms with Gasteiger partial charge in [0.15, 0.2) is 9.84 Å². The lowest BCUT2D eigenvalue weighted by molar-refractivity contribution is 0.0697. The first kappa shape index (κ1) is 13.1. The van der Waals surface area contributed by atoms with Crippen molar-refractivity contribution in [3.8, 4) is 0 Å². The molecule has 0 amide bonds. The molecule has 0 aliphatic carbocycles. The van der Waals surface area contributed by atoms with Crippen molar-refractivity contribution in [2.75, 3.05) is 11.5 Å². The van der Waals surface area contributed by atoms with Crippen LogP contribution in [-0.4, -0.2) is 31.0 Å². The van der Waals surface area contributed by atoms with Gasteiger partial charge in [-0.1, -0.05) is 19.1 Å². The average molecular weight is 268 g/mol. The van der Waals surface area contributed by atoms with Crippen LogP contribution in [0.4, 0.5) is 0 Å². The van der Waals surface area contributed by atoms with Crippen LogP contribution in [0.3, 0.4) is 0 Å². The Kier molecular flexibility index (Phi) is 3.43. The fourth-order valence-electron chi connectivity index (χ4n) is 2.42. The summed E-state index contributed by atoms with van der Waals surface area (Å²) in [5.41, 5.74) is 1.26. The maximum atomic E-state index is 11.4. The van der Waals surface area contributed by atoms with E-state index in [-0.39, 0.29) is 28.9 Å². The van der Waals surface area contributed by atoms with Gasteiger partial charge in [0.25, 0.3) is 0 Å². The minimum atomic E-state index is -2.86. The van der Waals surface area contributed by atoms with E-state index >= 15 is 0 Å². The number of hydrogen-bond donors (Lipinski definition) is 1. The molecule has 2 atom stereocenters. The summed E-state index contributed by atoms with van der Waals surface area (Å²) in [7, 11) is -2.86. The molecule has 4 nitrogen and oxygen atoms in total. The molecule has 2 rings (SSSR count). The quantitative estimate of drug-likeness (QED) is 0.909. The van der Waals surface area contributed by atoms with Gasteiger partial charge in [-0.25, -0.2) is 13.2 Å². The fraction of sp³-hybridized carbons (Fsp3) is 0.462. The Hall–Kier alpha value is -1.36. The van der Waals surface area contributed by atoms with Crippen LogP contribution in [-0.2, 0) is 9.84 Å². The Morgan fingerprint density at radius 1 is 1.33 bits per heavy atom. The molecule has 1 heterocycles. The van der Waals surface area contributed by atoms with E-state index < -0.39 is 15.8 Å². The Bertz CT molecular complexity index is 545. The Morgan fingerprint density at radius 2 is 1.94 bits per heavy atom. The number of aromatic carboxylic acids is 1. The molecule has 1 aromatic carbocycles. The van der Waals surface area contributed by atoms with Crippen LogP contribution in [0, 0.1) is 5.92 Å². The second-order valence-corrected chi connectivity index (χ2v) is 7.11. The Labute approximate surface area is 107 Å². The summed E-state index contributed by atoms with van der Waals surface area (Å²) < 4.78 is 22.9. The van der Waals surface area contributed by atoms with Crippen LogP contribution >= 0.6 is 0 Å². The van der Waals surface area contributed by atoms with Crippen LogP contribution in [0.5, 0.6) is 0 Å². The predicted octanol–water partition coefficient (Wildman–Crippen LogP) is 1.92. The van der Waals surface area contributed by atoms with Crippen molar-refractivity contribution < 1.29 is 18.3 Å². The number of carboxylic acid groups (broad SMARTS) is 1. The van der Waals surface area contributed by atoms with Gasteiger partial charge in [-0.05, 0) is 36.0 Å². The van der Waals surface area contributed by atoms with Crippen molar-refractivity contribution in [3.63, 3.8) is 0 Å². The molecule has 0 radical (unpaired) electrons. The van der Waals surface area contributed by atoms with Crippen LogP contribution in [0.1, 0.15) is 35.2 Å². The third kappa shape index (κ3) is 2.72. The van der Waals surface area contributed by atoms with Gasteiger partial charge in [0.2, 0.25) is 0 Å². The van der Waals surface area contributed by atoms with Crippen molar-refractivity contribution in [1.82, 2.24) is 0 Å². The summed E-state index contributed by atoms with van der Waals surface area (Å²) in [6.07, 6.45) is 0.699. The molecule has 1 fully saturated rings. The van der Waals surface area contributed by atoms with Gasteiger partial charge in [0, 0.05) is 0 Å². The van der Waals surface area contributed by atoms with E-state index in [0.717, 1.165) is 5.56 Å². The molecule has 1 aromatic rings. The summed E-state index contributed by atoms with van der Waals surface area (Å²) in [4.78, 5) is 10.7. The third-order valence-corrected chi connectivity index (χ3v) is 5.45. The van der Waals surface area contributed by atoms with E-state index in [1.807, 2.05) is 6.92 Å². The van der Waals surface area contributed by atoms with Gasteiger partial charge < -0.3 is 5.11 Å². The number of benzene rings is 1. The highest BCUT2D eigenvalue weighted by Gasteiger charge is 2.32. The minimum Gasteiger partial charge on any atom is -0.478 e. The normalized spacial score (nSPS) is 23.7. The molecular formula is C13H16O4S. The molecule has 1 aliphatic rings. The molecule has 0 aromatic heterocycles. The summed E-state index contributed by atoms with van der Waals surface area (Å²) in [6, 6.07) is 6.69. The number of carbonyl (C=O) groups is 1. The van der Waals surface area contributed by atoms with Crippen molar-refractivity contribution in [3.05, 3.63) is 35.4 Å². The molecule has 1 saturated heterocycles. The first-order valence-corrected chi connectivity index (χ1v) is 7.75. The van der Waals surface area contributed by atoms with Gasteiger partial charge in [-0.2, -0.15) is 0 Å². The Balaban J connectivity index is 2.14. The smallest absolute Gasteiger partial charge is 0.335 e. The molecule has 98 valence electrons. The number of hydrogen-bond acceptors (Lipinski definition) is 3. The summed E-state index contributed by atoms with van der Waals surface area (Å²) in [5.74, 6) is -0.141. The highest BCUT2D eigenvalue weighted by molar-refractivity contribution is 7.91. The van der Waals surface area contributed by atoms with E-state index in [4.69, 9.17) is 5.11 Å². The fourth-order valence-corrected chi connectivity index (χ4v) is 4.36. The maximum Gasteiger partial charge on any atom is 0.335 e. The van der Waals surface area contributed by atoms with Crippen LogP contribution in [0.15, 0.2) is 24.3 Å². The predicted molar refractivity (Wildman–Crippen MR) is 68.6 cm³/mol. The van der Waals surface area contributed by atoms with Crippen molar-refractivity contribution in [1.29, 1.82) is 0 Å². The SMILES string of the molecule is CC(c1ccc(C(=O)O)cc1)C1CCS(=O)(=O)C1. The van der Waals surface area contributed by atoms with Gasteiger partial charge in [0.1, 0.15) is 0 Å². The Morgan fingerprint density at radius 3 is 2.39 bits per heavy atom. The molecule has 0 bridgehead atoms. The lowest BCUT2D eigenvalue weighted by Gasteiger charge is -2.18. The zero-order chi connectivity index (χ0) is 13.3. The maximum absolute atomic E-state index is 11.4. The summed E-state index contributed by atoms with van der Waals surface area (Å²) in [5, 5.41) is 8.82. The van der Waals surface area contributed by atoms with E-state index in [2.05, 4.69) is 0 Å². The molecule has 18 heavy (non-hydrogen) atoms. The molecule has 1 N–H and O–H groups in total. The second kappa shape index (κ2) is 4.72. The highest BCUT2D eigenvalue weighted by atomic mass is 32.2. The van der Waals surface area contributed by atoms with Crippen LogP contribution in [0.2, 0.25) is 0 Å². The van der Waals surface area contributed by atoms with Crippen LogP contribution < -0.4 is 0 Å². The van der Waals surface area contributed by atoms with Crippen molar-refractivity contribution in [2.24, 2.45) is 5.92 Å². The number of rotatable bonds is 3. The van der Waals surface area contributed by atoms with Gasteiger partial charge in [0.05, 0.1) is 17.1 Å². The van der Waals surface area contributed by atoms with E-state index in [0.29, 0.717) is 6.42 Å². The topological polar surface area (TPSA) is 71.4 Å². The van der Waals surface area contributed by atoms with Gasteiger partial charge in [-0.3, -0.25) is 0 Å². The minimum absolute atomic E-state index is 0.144. The molecule has 0 spiro atoms. The average Bonchev–Trinajstić information content (AvgIpc) is 2.69. The van der Waals surface area contributed by atoms with E-state index in [9.17, 15) is 13.2 Å². The van der Waals surface area contributed by atoms with Crippen molar-refractivity contribution >= 4 is 15.8 Å². The molecule has 5 heteroatoms. The first-order chi connectivity index (χ1) is 8.39. The second-order valence-electron chi connectivity index (χ2n) is 4.88. The summed E-state index contributed by atoms with van der Waals surface area (Å²) >= 11 is 0. The third-order valence-electron chi connectivity index (χ3n) is 3.66. The van der Waals surface area contributed by atoms with Crippen LogP contribution in [0.25, 0.3) is 0 Å². The molecular weight excluding hydrogens is 252 g/mol. The zero-order valence-electron chi connectivity index (χ0n) is 10.2. The standard InChI is InChI=1S/C13H16O4S/c1-9(12-6-7-18(16,17)8-12)10-2-4-11(5-3-10)13(14)15/h2-5,9,12H,6-8H2,1H3,(H,14,15). The molecule has 1 aliphatic heterocycles. The largest absolute Gasteiger partial charge is 0.478 e. The van der Waals surface area contributed by atoms with Crippen molar-refractivity contribution in [2.45, 2.75) is 19.3 Å². The lowest BCUT2D eigenvalue weighted by atomic mass is 9.87. The monoisotopic (exact) mass is 268 g/mol. The first-order valence-electron chi connectivity index (χ1n) is 5.93.